The van der Waals surface area contributed by atoms with Gasteiger partial charge in [0.05, 0.1) is 10.6 Å². The van der Waals surface area contributed by atoms with Crippen molar-refractivity contribution in [1.82, 2.24) is 4.57 Å². The molecule has 0 saturated carbocycles. The fourth-order valence-corrected chi connectivity index (χ4v) is 2.26. The van der Waals surface area contributed by atoms with E-state index in [-0.39, 0.29) is 21.4 Å². The molecule has 0 aliphatic carbocycles. The highest BCUT2D eigenvalue weighted by molar-refractivity contribution is 6.42. The minimum Gasteiger partial charge on any atom is -0.478 e. The first-order chi connectivity index (χ1) is 9.81. The van der Waals surface area contributed by atoms with Crippen molar-refractivity contribution in [2.75, 3.05) is 5.32 Å². The lowest BCUT2D eigenvalue weighted by molar-refractivity contribution is 0.0695. The molecule has 0 atom stereocenters. The molecule has 2 N–H and O–H groups in total. The quantitative estimate of drug-likeness (QED) is 0.905. The monoisotopic (exact) mass is 326 g/mol. The van der Waals surface area contributed by atoms with Gasteiger partial charge in [-0.3, -0.25) is 4.79 Å². The summed E-state index contributed by atoms with van der Waals surface area (Å²) in [5, 5.41) is 12.2. The minimum absolute atomic E-state index is 0.135. The van der Waals surface area contributed by atoms with E-state index in [1.807, 2.05) is 0 Å². The van der Waals surface area contributed by atoms with E-state index in [0.29, 0.717) is 11.3 Å². The van der Waals surface area contributed by atoms with Crippen molar-refractivity contribution in [3.05, 3.63) is 51.3 Å². The van der Waals surface area contributed by atoms with Crippen LogP contribution in [0.2, 0.25) is 10.2 Å². The smallest absolute Gasteiger partial charge is 0.336 e. The molecule has 5 nitrogen and oxygen atoms in total. The number of carbonyl (C=O) groups is 2. The Morgan fingerprint density at radius 3 is 2.43 bits per heavy atom. The Morgan fingerprint density at radius 2 is 1.90 bits per heavy atom. The topological polar surface area (TPSA) is 71.3 Å². The molecule has 0 spiro atoms. The van der Waals surface area contributed by atoms with Crippen molar-refractivity contribution in [1.29, 1.82) is 0 Å². The van der Waals surface area contributed by atoms with Crippen molar-refractivity contribution in [3.63, 3.8) is 0 Å². The number of hydrogen-bond donors (Lipinski definition) is 2. The zero-order chi connectivity index (χ0) is 15.7. The summed E-state index contributed by atoms with van der Waals surface area (Å²) in [5.74, 6) is -1.47. The summed E-state index contributed by atoms with van der Waals surface area (Å²) in [4.78, 5) is 23.3. The molecule has 21 heavy (non-hydrogen) atoms. The third kappa shape index (κ3) is 3.04. The minimum atomic E-state index is -1.05. The summed E-state index contributed by atoms with van der Waals surface area (Å²) in [6.45, 7) is 1.69. The molecular formula is C14H12Cl2N2O3. The number of carboxylic acids is 1. The lowest BCUT2D eigenvalue weighted by atomic mass is 10.1. The molecule has 0 aliphatic rings. The van der Waals surface area contributed by atoms with Crippen molar-refractivity contribution in [2.24, 2.45) is 7.05 Å². The van der Waals surface area contributed by atoms with Crippen molar-refractivity contribution in [3.8, 4) is 0 Å². The van der Waals surface area contributed by atoms with Crippen molar-refractivity contribution < 1.29 is 14.7 Å². The lowest BCUT2D eigenvalue weighted by Gasteiger charge is -2.08. The van der Waals surface area contributed by atoms with E-state index in [9.17, 15) is 9.59 Å². The van der Waals surface area contributed by atoms with Crippen LogP contribution >= 0.6 is 23.2 Å². The largest absolute Gasteiger partial charge is 0.478 e. The van der Waals surface area contributed by atoms with E-state index >= 15 is 0 Å². The summed E-state index contributed by atoms with van der Waals surface area (Å²) in [6, 6.07) is 6.11. The van der Waals surface area contributed by atoms with Gasteiger partial charge in [-0.2, -0.15) is 0 Å². The number of hydrogen-bond acceptors (Lipinski definition) is 2. The van der Waals surface area contributed by atoms with Crippen LogP contribution in [0, 0.1) is 6.92 Å². The summed E-state index contributed by atoms with van der Waals surface area (Å²) in [7, 11) is 1.61. The number of nitrogens with one attached hydrogen (secondary N) is 1. The number of carboxylic acid groups (broad SMARTS) is 1. The van der Waals surface area contributed by atoms with Gasteiger partial charge in [-0.1, -0.05) is 29.3 Å². The fourth-order valence-electron chi connectivity index (χ4n) is 1.89. The Balaban J connectivity index is 2.29. The zero-order valence-corrected chi connectivity index (χ0v) is 12.8. The van der Waals surface area contributed by atoms with Gasteiger partial charge in [0.2, 0.25) is 0 Å². The first-order valence-corrected chi connectivity index (χ1v) is 6.73. The molecule has 1 aromatic heterocycles. The van der Waals surface area contributed by atoms with E-state index in [1.165, 1.54) is 16.7 Å². The predicted octanol–water partition coefficient (Wildman–Crippen LogP) is 3.59. The number of aromatic nitrogens is 1. The molecule has 7 heteroatoms. The van der Waals surface area contributed by atoms with Crippen LogP contribution in [0.1, 0.15) is 26.4 Å². The van der Waals surface area contributed by atoms with Crippen LogP contribution in [0.25, 0.3) is 0 Å². The highest BCUT2D eigenvalue weighted by atomic mass is 35.5. The molecule has 0 saturated heterocycles. The molecule has 0 bridgehead atoms. The van der Waals surface area contributed by atoms with Crippen LogP contribution in [0.4, 0.5) is 5.69 Å². The van der Waals surface area contributed by atoms with Gasteiger partial charge in [0, 0.05) is 12.7 Å². The Kier molecular flexibility index (Phi) is 4.25. The third-order valence-electron chi connectivity index (χ3n) is 3.07. The lowest BCUT2D eigenvalue weighted by Crippen LogP contribution is -2.16. The maximum absolute atomic E-state index is 12.2. The second-order valence-corrected chi connectivity index (χ2v) is 5.28. The first kappa shape index (κ1) is 15.4. The molecule has 0 unspecified atom stereocenters. The van der Waals surface area contributed by atoms with E-state index in [1.54, 1.807) is 26.1 Å². The molecule has 2 aromatic rings. The van der Waals surface area contributed by atoms with Gasteiger partial charge in [0.25, 0.3) is 5.91 Å². The SMILES string of the molecule is Cc1ccc(NC(=O)c2cc(Cl)c(Cl)n2C)cc1C(=O)O. The fraction of sp³-hybridized carbons (Fsp3) is 0.143. The second-order valence-electron chi connectivity index (χ2n) is 4.52. The average molecular weight is 327 g/mol. The van der Waals surface area contributed by atoms with Gasteiger partial charge in [-0.25, -0.2) is 4.79 Å². The van der Waals surface area contributed by atoms with Crippen LogP contribution in [0.15, 0.2) is 24.3 Å². The molecular weight excluding hydrogens is 315 g/mol. The number of aromatic carboxylic acids is 1. The molecule has 1 aromatic carbocycles. The summed E-state index contributed by atoms with van der Waals surface area (Å²) in [6.07, 6.45) is 0. The Hall–Kier alpha value is -1.98. The normalized spacial score (nSPS) is 10.5. The number of aryl methyl sites for hydroxylation is 1. The van der Waals surface area contributed by atoms with E-state index < -0.39 is 11.9 Å². The van der Waals surface area contributed by atoms with Crippen LogP contribution < -0.4 is 5.32 Å². The number of anilines is 1. The predicted molar refractivity (Wildman–Crippen MR) is 81.5 cm³/mol. The molecule has 0 radical (unpaired) electrons. The molecule has 110 valence electrons. The Morgan fingerprint density at radius 1 is 1.24 bits per heavy atom. The molecule has 2 rings (SSSR count). The maximum Gasteiger partial charge on any atom is 0.336 e. The number of carbonyl (C=O) groups excluding carboxylic acids is 1. The number of benzene rings is 1. The Labute approximate surface area is 131 Å². The van der Waals surface area contributed by atoms with Crippen molar-refractivity contribution >= 4 is 40.8 Å². The Bertz CT molecular complexity index is 738. The third-order valence-corrected chi connectivity index (χ3v) is 3.92. The number of amides is 1. The van der Waals surface area contributed by atoms with E-state index in [0.717, 1.165) is 0 Å². The van der Waals surface area contributed by atoms with Gasteiger partial charge in [-0.05, 0) is 30.7 Å². The summed E-state index contributed by atoms with van der Waals surface area (Å²) >= 11 is 11.8. The highest BCUT2D eigenvalue weighted by Crippen LogP contribution is 2.26. The van der Waals surface area contributed by atoms with E-state index in [2.05, 4.69) is 5.32 Å². The van der Waals surface area contributed by atoms with Crippen LogP contribution in [-0.2, 0) is 7.05 Å². The van der Waals surface area contributed by atoms with Gasteiger partial charge < -0.3 is 15.0 Å². The second kappa shape index (κ2) is 5.79. The molecule has 0 fully saturated rings. The van der Waals surface area contributed by atoms with Crippen LogP contribution in [-0.4, -0.2) is 21.6 Å². The number of nitrogens with zero attached hydrogens (tertiary/aromatic N) is 1. The van der Waals surface area contributed by atoms with Gasteiger partial charge >= 0.3 is 5.97 Å². The van der Waals surface area contributed by atoms with Crippen LogP contribution in [0.5, 0.6) is 0 Å². The summed E-state index contributed by atoms with van der Waals surface area (Å²) in [5.41, 5.74) is 1.42. The van der Waals surface area contributed by atoms with Crippen molar-refractivity contribution in [2.45, 2.75) is 6.92 Å². The van der Waals surface area contributed by atoms with Gasteiger partial charge in [0.1, 0.15) is 10.8 Å². The van der Waals surface area contributed by atoms with Gasteiger partial charge in [-0.15, -0.1) is 0 Å². The van der Waals surface area contributed by atoms with E-state index in [4.69, 9.17) is 28.3 Å². The highest BCUT2D eigenvalue weighted by Gasteiger charge is 2.16. The number of rotatable bonds is 3. The maximum atomic E-state index is 12.2. The number of halogens is 2. The van der Waals surface area contributed by atoms with Gasteiger partial charge in [0.15, 0.2) is 0 Å². The average Bonchev–Trinajstić information content (AvgIpc) is 2.68. The first-order valence-electron chi connectivity index (χ1n) is 5.97. The van der Waals surface area contributed by atoms with Crippen LogP contribution in [0.3, 0.4) is 0 Å². The molecule has 1 heterocycles. The standard InChI is InChI=1S/C14H12Cl2N2O3/c1-7-3-4-8(5-9(7)14(20)21)17-13(19)11-6-10(15)12(16)18(11)2/h3-6H,1-2H3,(H,17,19)(H,20,21). The molecule has 0 aliphatic heterocycles. The molecule has 1 amide bonds. The summed E-state index contributed by atoms with van der Waals surface area (Å²) < 4.78 is 1.45. The zero-order valence-electron chi connectivity index (χ0n) is 11.3.